The highest BCUT2D eigenvalue weighted by atomic mass is 19.1. The van der Waals surface area contributed by atoms with Gasteiger partial charge in [-0.2, -0.15) is 0 Å². The van der Waals surface area contributed by atoms with Crippen molar-refractivity contribution < 1.29 is 23.8 Å². The van der Waals surface area contributed by atoms with Crippen LogP contribution in [0.2, 0.25) is 0 Å². The molecule has 2 N–H and O–H groups in total. The molecule has 1 aromatic rings. The minimum atomic E-state index is -0.580. The molecule has 0 saturated heterocycles. The fourth-order valence-corrected chi connectivity index (χ4v) is 3.48. The lowest BCUT2D eigenvalue weighted by Crippen LogP contribution is -2.39. The molecular weight excluding hydrogens is 349 g/mol. The van der Waals surface area contributed by atoms with Crippen LogP contribution in [-0.2, 0) is 14.3 Å². The van der Waals surface area contributed by atoms with Crippen LogP contribution in [-0.4, -0.2) is 37.1 Å². The predicted octanol–water partition coefficient (Wildman–Crippen LogP) is 3.10. The Kier molecular flexibility index (Phi) is 6.85. The lowest BCUT2D eigenvalue weighted by Gasteiger charge is -2.37. The number of ether oxygens (including phenoxy) is 2. The van der Waals surface area contributed by atoms with Crippen LogP contribution < -0.4 is 5.32 Å². The monoisotopic (exact) mass is 377 g/mol. The number of benzene rings is 1. The van der Waals surface area contributed by atoms with Crippen LogP contribution in [0.5, 0.6) is 0 Å². The van der Waals surface area contributed by atoms with Crippen molar-refractivity contribution in [3.63, 3.8) is 0 Å². The Bertz CT molecular complexity index is 657. The third-order valence-corrected chi connectivity index (χ3v) is 5.14. The van der Waals surface area contributed by atoms with Crippen LogP contribution in [0.1, 0.15) is 44.1 Å². The van der Waals surface area contributed by atoms with Crippen LogP contribution in [0.15, 0.2) is 36.1 Å². The highest BCUT2D eigenvalue weighted by Gasteiger charge is 2.38. The second-order valence-electron chi connectivity index (χ2n) is 7.23. The highest BCUT2D eigenvalue weighted by Crippen LogP contribution is 2.39. The Morgan fingerprint density at radius 2 is 2.07 bits per heavy atom. The smallest absolute Gasteiger partial charge is 0.286 e. The summed E-state index contributed by atoms with van der Waals surface area (Å²) in [6.07, 6.45) is 4.82. The number of hydrogen-bond acceptors (Lipinski definition) is 4. The molecule has 1 aromatic carbocycles. The van der Waals surface area contributed by atoms with Crippen molar-refractivity contribution in [2.75, 3.05) is 19.8 Å². The van der Waals surface area contributed by atoms with Gasteiger partial charge in [-0.25, -0.2) is 4.39 Å². The molecule has 0 spiro atoms. The Labute approximate surface area is 159 Å². The molecule has 6 heteroatoms. The second-order valence-corrected chi connectivity index (χ2v) is 7.23. The number of carbonyl (C=O) groups is 1. The normalized spacial score (nSPS) is 24.9. The Hall–Kier alpha value is -1.92. The summed E-state index contributed by atoms with van der Waals surface area (Å²) in [6, 6.07) is 6.31. The van der Waals surface area contributed by atoms with E-state index in [-0.39, 0.29) is 35.9 Å². The van der Waals surface area contributed by atoms with E-state index in [9.17, 15) is 14.3 Å². The van der Waals surface area contributed by atoms with E-state index in [2.05, 4.69) is 5.32 Å². The SMILES string of the molecule is CCO[C@H]1OC(C(=O)NCC2CC2)=C[C@@H](c2ccc(F)cc2)[C@H]1CCCO. The van der Waals surface area contributed by atoms with Gasteiger partial charge in [0, 0.05) is 31.6 Å². The van der Waals surface area contributed by atoms with Crippen molar-refractivity contribution in [1.29, 1.82) is 0 Å². The molecule has 1 amide bonds. The highest BCUT2D eigenvalue weighted by molar-refractivity contribution is 5.91. The summed E-state index contributed by atoms with van der Waals surface area (Å²) in [6.45, 7) is 3.07. The number of carbonyl (C=O) groups excluding carboxylic acids is 1. The standard InChI is InChI=1S/C21H28FNO4/c1-2-26-21-17(4-3-11-24)18(15-7-9-16(22)10-8-15)12-19(27-21)20(25)23-13-14-5-6-14/h7-10,12,14,17-18,21,24H,2-6,11,13H2,1H3,(H,23,25)/t17-,18+,21+/m1/s1. The number of aliphatic hydroxyl groups excluding tert-OH is 1. The Balaban J connectivity index is 1.86. The Morgan fingerprint density at radius 3 is 2.70 bits per heavy atom. The molecule has 0 unspecified atom stereocenters. The molecule has 1 aliphatic heterocycles. The van der Waals surface area contributed by atoms with Gasteiger partial charge in [0.1, 0.15) is 5.82 Å². The van der Waals surface area contributed by atoms with Gasteiger partial charge in [0.05, 0.1) is 0 Å². The maximum Gasteiger partial charge on any atom is 0.286 e. The zero-order chi connectivity index (χ0) is 19.2. The van der Waals surface area contributed by atoms with Crippen molar-refractivity contribution in [3.8, 4) is 0 Å². The van der Waals surface area contributed by atoms with Gasteiger partial charge in [-0.05, 0) is 62.3 Å². The van der Waals surface area contributed by atoms with E-state index in [1.807, 2.05) is 13.0 Å². The second kappa shape index (κ2) is 9.33. The lowest BCUT2D eigenvalue weighted by molar-refractivity contribution is -0.166. The summed E-state index contributed by atoms with van der Waals surface area (Å²) in [5.41, 5.74) is 0.903. The van der Waals surface area contributed by atoms with Crippen molar-refractivity contribution in [1.82, 2.24) is 5.32 Å². The molecule has 3 atom stereocenters. The molecule has 27 heavy (non-hydrogen) atoms. The average Bonchev–Trinajstić information content (AvgIpc) is 3.50. The molecule has 3 rings (SSSR count). The molecule has 5 nitrogen and oxygen atoms in total. The van der Waals surface area contributed by atoms with Crippen molar-refractivity contribution in [2.45, 2.75) is 44.8 Å². The van der Waals surface area contributed by atoms with E-state index in [1.54, 1.807) is 12.1 Å². The number of rotatable bonds is 9. The van der Waals surface area contributed by atoms with Crippen LogP contribution >= 0.6 is 0 Å². The van der Waals surface area contributed by atoms with Crippen molar-refractivity contribution in [2.24, 2.45) is 11.8 Å². The molecule has 2 aliphatic rings. The maximum atomic E-state index is 13.4. The van der Waals surface area contributed by atoms with Gasteiger partial charge in [-0.1, -0.05) is 12.1 Å². The summed E-state index contributed by atoms with van der Waals surface area (Å²) in [5.74, 6) is 0.0751. The molecule has 148 valence electrons. The molecule has 0 radical (unpaired) electrons. The molecule has 0 aromatic heterocycles. The molecule has 1 saturated carbocycles. The van der Waals surface area contributed by atoms with E-state index < -0.39 is 6.29 Å². The number of halogens is 1. The van der Waals surface area contributed by atoms with Crippen LogP contribution in [0.4, 0.5) is 4.39 Å². The molecule has 1 heterocycles. The van der Waals surface area contributed by atoms with Gasteiger partial charge in [0.15, 0.2) is 5.76 Å². The summed E-state index contributed by atoms with van der Waals surface area (Å²) in [5, 5.41) is 12.2. The van der Waals surface area contributed by atoms with Crippen LogP contribution in [0.25, 0.3) is 0 Å². The van der Waals surface area contributed by atoms with Gasteiger partial charge in [0.25, 0.3) is 5.91 Å². The van der Waals surface area contributed by atoms with Gasteiger partial charge in [0.2, 0.25) is 6.29 Å². The largest absolute Gasteiger partial charge is 0.459 e. The first-order valence-electron chi connectivity index (χ1n) is 9.77. The third-order valence-electron chi connectivity index (χ3n) is 5.14. The summed E-state index contributed by atoms with van der Waals surface area (Å²) in [7, 11) is 0. The number of amides is 1. The fourth-order valence-electron chi connectivity index (χ4n) is 3.48. The molecule has 1 fully saturated rings. The summed E-state index contributed by atoms with van der Waals surface area (Å²) in [4.78, 5) is 12.6. The van der Waals surface area contributed by atoms with E-state index in [1.165, 1.54) is 12.1 Å². The number of aliphatic hydroxyl groups is 1. The Morgan fingerprint density at radius 1 is 1.33 bits per heavy atom. The topological polar surface area (TPSA) is 67.8 Å². The average molecular weight is 377 g/mol. The first-order valence-corrected chi connectivity index (χ1v) is 9.77. The van der Waals surface area contributed by atoms with Crippen LogP contribution in [0.3, 0.4) is 0 Å². The number of nitrogens with one attached hydrogen (secondary N) is 1. The predicted molar refractivity (Wildman–Crippen MR) is 99.3 cm³/mol. The van der Waals surface area contributed by atoms with Gasteiger partial charge in [-0.15, -0.1) is 0 Å². The van der Waals surface area contributed by atoms with Gasteiger partial charge < -0.3 is 19.9 Å². The molecular formula is C21H28FNO4. The van der Waals surface area contributed by atoms with Crippen molar-refractivity contribution >= 4 is 5.91 Å². The van der Waals surface area contributed by atoms with Gasteiger partial charge >= 0.3 is 0 Å². The zero-order valence-electron chi connectivity index (χ0n) is 15.7. The maximum absolute atomic E-state index is 13.4. The molecule has 1 aliphatic carbocycles. The van der Waals surface area contributed by atoms with E-state index in [0.29, 0.717) is 31.9 Å². The fraction of sp³-hybridized carbons (Fsp3) is 0.571. The van der Waals surface area contributed by atoms with E-state index >= 15 is 0 Å². The first kappa shape index (κ1) is 19.8. The number of allylic oxidation sites excluding steroid dienone is 1. The van der Waals surface area contributed by atoms with E-state index in [4.69, 9.17) is 9.47 Å². The third kappa shape index (κ3) is 5.30. The van der Waals surface area contributed by atoms with Gasteiger partial charge in [-0.3, -0.25) is 4.79 Å². The molecule has 0 bridgehead atoms. The van der Waals surface area contributed by atoms with Crippen molar-refractivity contribution in [3.05, 3.63) is 47.5 Å². The minimum absolute atomic E-state index is 0.0671. The lowest BCUT2D eigenvalue weighted by atomic mass is 9.80. The zero-order valence-corrected chi connectivity index (χ0v) is 15.7. The quantitative estimate of drug-likeness (QED) is 0.694. The number of hydrogen-bond donors (Lipinski definition) is 2. The minimum Gasteiger partial charge on any atom is -0.459 e. The van der Waals surface area contributed by atoms with Crippen LogP contribution in [0, 0.1) is 17.7 Å². The van der Waals surface area contributed by atoms with E-state index in [0.717, 1.165) is 18.4 Å². The summed E-state index contributed by atoms with van der Waals surface area (Å²) >= 11 is 0. The summed E-state index contributed by atoms with van der Waals surface area (Å²) < 4.78 is 25.1. The first-order chi connectivity index (χ1) is 13.1.